The van der Waals surface area contributed by atoms with Crippen LogP contribution in [0.2, 0.25) is 0 Å². The third kappa shape index (κ3) is 3.24. The summed E-state index contributed by atoms with van der Waals surface area (Å²) >= 11 is 0. The molecule has 186 valence electrons. The zero-order valence-corrected chi connectivity index (χ0v) is 21.4. The van der Waals surface area contributed by atoms with Crippen LogP contribution < -0.4 is 4.74 Å². The van der Waals surface area contributed by atoms with E-state index >= 15 is 0 Å². The molecule has 6 rings (SSSR count). The van der Waals surface area contributed by atoms with Crippen LogP contribution in [-0.2, 0) is 16.6 Å². The van der Waals surface area contributed by atoms with E-state index in [2.05, 4.69) is 43.2 Å². The lowest BCUT2D eigenvalue weighted by Crippen LogP contribution is -2.68. The Bertz CT molecular complexity index is 1320. The van der Waals surface area contributed by atoms with Crippen LogP contribution in [0.4, 0.5) is 0 Å². The molecule has 0 radical (unpaired) electrons. The molecule has 5 nitrogen and oxygen atoms in total. The molecule has 1 saturated carbocycles. The molecule has 2 aliphatic heterocycles. The molecule has 2 heterocycles. The number of hydrogen-bond acceptors (Lipinski definition) is 4. The number of aromatic hydroxyl groups is 1. The molecule has 1 spiro atoms. The van der Waals surface area contributed by atoms with E-state index < -0.39 is 0 Å². The molecule has 2 aliphatic carbocycles. The summed E-state index contributed by atoms with van der Waals surface area (Å²) in [6.45, 7) is 9.98. The second-order valence-corrected chi connectivity index (χ2v) is 11.0. The molecule has 1 saturated heterocycles. The highest BCUT2D eigenvalue weighted by atomic mass is 16.5. The highest BCUT2D eigenvalue weighted by Gasteiger charge is 2.66. The first-order valence-electron chi connectivity index (χ1n) is 13.1. The molecule has 0 aromatic heterocycles. The Morgan fingerprint density at radius 2 is 2.11 bits per heavy atom. The molecule has 4 aliphatic rings. The van der Waals surface area contributed by atoms with E-state index in [0.29, 0.717) is 17.7 Å². The van der Waals surface area contributed by atoms with E-state index in [-0.39, 0.29) is 29.2 Å². The fourth-order valence-corrected chi connectivity index (χ4v) is 7.57. The van der Waals surface area contributed by atoms with Crippen molar-refractivity contribution in [3.63, 3.8) is 0 Å². The summed E-state index contributed by atoms with van der Waals surface area (Å²) in [6, 6.07) is 10.2. The maximum Gasteiger partial charge on any atom is 0.298 e. The number of carbonyl (C=O) groups excluding carboxylic acids is 1. The number of phenols is 1. The molecule has 2 aromatic carbocycles. The molecule has 2 aromatic rings. The molecule has 1 amide bonds. The van der Waals surface area contributed by atoms with Crippen LogP contribution in [0.15, 0.2) is 43.0 Å². The number of benzene rings is 2. The Kier molecular flexibility index (Phi) is 5.42. The van der Waals surface area contributed by atoms with Crippen molar-refractivity contribution in [2.45, 2.75) is 63.1 Å². The first-order chi connectivity index (χ1) is 17.3. The van der Waals surface area contributed by atoms with E-state index in [4.69, 9.17) is 4.74 Å². The second kappa shape index (κ2) is 8.42. The van der Waals surface area contributed by atoms with Gasteiger partial charge in [0.2, 0.25) is 0 Å². The SMILES string of the molecule is C=CCN1CC[C@]23c4c5ccc(O)c4O[C@H]2[C@@H](N(C)C(=O)C#Cc2ccc(C)c(C)c2)CC[C@H]3[C@H]1C5. The molecule has 2 bridgehead atoms. The quantitative estimate of drug-likeness (QED) is 0.528. The first-order valence-corrected chi connectivity index (χ1v) is 13.1. The number of ether oxygens (including phenoxy) is 1. The van der Waals surface area contributed by atoms with E-state index in [1.165, 1.54) is 22.3 Å². The van der Waals surface area contributed by atoms with Gasteiger partial charge in [0.25, 0.3) is 5.91 Å². The summed E-state index contributed by atoms with van der Waals surface area (Å²) in [4.78, 5) is 17.7. The number of hydrogen-bond donors (Lipinski definition) is 1. The molecule has 2 fully saturated rings. The Hall–Kier alpha value is -3.23. The maximum atomic E-state index is 13.3. The van der Waals surface area contributed by atoms with Crippen molar-refractivity contribution in [2.75, 3.05) is 20.1 Å². The normalized spacial score (nSPS) is 29.4. The van der Waals surface area contributed by atoms with Gasteiger partial charge in [0.05, 0.1) is 6.04 Å². The number of aryl methyl sites for hydroxylation is 2. The Balaban J connectivity index is 1.35. The van der Waals surface area contributed by atoms with Crippen LogP contribution >= 0.6 is 0 Å². The maximum absolute atomic E-state index is 13.3. The fraction of sp³-hybridized carbons (Fsp3) is 0.452. The van der Waals surface area contributed by atoms with Gasteiger partial charge in [0.15, 0.2) is 11.5 Å². The molecule has 0 unspecified atom stereocenters. The molecule has 5 atom stereocenters. The minimum Gasteiger partial charge on any atom is -0.504 e. The Morgan fingerprint density at radius 3 is 2.89 bits per heavy atom. The van der Waals surface area contributed by atoms with Gasteiger partial charge in [-0.1, -0.05) is 24.1 Å². The fourth-order valence-electron chi connectivity index (χ4n) is 7.57. The van der Waals surface area contributed by atoms with Gasteiger partial charge >= 0.3 is 0 Å². The standard InChI is InChI=1S/C31H34N2O3/c1-5-15-33-16-14-31-23-10-11-24(32(4)27(35)13-8-21-7-6-19(2)20(3)17-21)30(31)36-29-26(34)12-9-22(28(29)31)18-25(23)33/h5-7,9,12,17,23-25,30,34H,1,10-11,14-16,18H2,2-4H3/t23-,24-,25+,30-,31-/m0/s1. The van der Waals surface area contributed by atoms with Crippen molar-refractivity contribution in [2.24, 2.45) is 5.92 Å². The van der Waals surface area contributed by atoms with Crippen LogP contribution in [0.1, 0.15) is 47.1 Å². The highest BCUT2D eigenvalue weighted by molar-refractivity contribution is 5.94. The number of likely N-dealkylation sites (N-methyl/N-ethyl adjacent to an activating group) is 1. The lowest BCUT2D eigenvalue weighted by Gasteiger charge is -2.60. The van der Waals surface area contributed by atoms with Gasteiger partial charge in [-0.2, -0.15) is 0 Å². The van der Waals surface area contributed by atoms with Gasteiger partial charge in [0, 0.05) is 42.1 Å². The molecule has 1 N–H and O–H groups in total. The van der Waals surface area contributed by atoms with Crippen LogP contribution in [0.3, 0.4) is 0 Å². The molecule has 36 heavy (non-hydrogen) atoms. The van der Waals surface area contributed by atoms with Crippen molar-refractivity contribution in [3.8, 4) is 23.3 Å². The van der Waals surface area contributed by atoms with Gasteiger partial charge in [-0.15, -0.1) is 6.58 Å². The predicted octanol–water partition coefficient (Wildman–Crippen LogP) is 4.11. The van der Waals surface area contributed by atoms with Crippen molar-refractivity contribution in [1.82, 2.24) is 9.80 Å². The molecule has 5 heteroatoms. The highest BCUT2D eigenvalue weighted by Crippen LogP contribution is 2.64. The largest absolute Gasteiger partial charge is 0.504 e. The minimum atomic E-state index is -0.187. The van der Waals surface area contributed by atoms with Crippen LogP contribution in [0.25, 0.3) is 0 Å². The zero-order chi connectivity index (χ0) is 25.2. The third-order valence-corrected chi connectivity index (χ3v) is 9.40. The van der Waals surface area contributed by atoms with E-state index in [0.717, 1.165) is 44.3 Å². The Labute approximate surface area is 213 Å². The van der Waals surface area contributed by atoms with Gasteiger partial charge in [-0.3, -0.25) is 9.69 Å². The third-order valence-electron chi connectivity index (χ3n) is 9.40. The average molecular weight is 483 g/mol. The van der Waals surface area contributed by atoms with Crippen molar-refractivity contribution in [3.05, 3.63) is 70.8 Å². The Morgan fingerprint density at radius 1 is 1.28 bits per heavy atom. The number of piperidine rings is 1. The van der Waals surface area contributed by atoms with E-state index in [1.54, 1.807) is 11.0 Å². The number of phenolic OH excluding ortho intramolecular Hbond substituents is 1. The smallest absolute Gasteiger partial charge is 0.298 e. The van der Waals surface area contributed by atoms with Crippen LogP contribution in [0, 0.1) is 31.6 Å². The van der Waals surface area contributed by atoms with Gasteiger partial charge in [-0.05, 0) is 86.9 Å². The number of carbonyl (C=O) groups is 1. The average Bonchev–Trinajstić information content (AvgIpc) is 3.22. The number of likely N-dealkylation sites (tertiary alicyclic amines) is 1. The zero-order valence-electron chi connectivity index (χ0n) is 21.4. The summed E-state index contributed by atoms with van der Waals surface area (Å²) in [5, 5.41) is 10.8. The summed E-state index contributed by atoms with van der Waals surface area (Å²) in [5.74, 6) is 7.06. The van der Waals surface area contributed by atoms with Crippen molar-refractivity contribution in [1.29, 1.82) is 0 Å². The number of rotatable bonds is 3. The summed E-state index contributed by atoms with van der Waals surface area (Å²) in [7, 11) is 1.86. The monoisotopic (exact) mass is 482 g/mol. The first kappa shape index (κ1) is 23.2. The molecular formula is C31H34N2O3. The number of nitrogens with zero attached hydrogens (tertiary/aromatic N) is 2. The summed E-state index contributed by atoms with van der Waals surface area (Å²) in [5.41, 5.74) is 5.55. The van der Waals surface area contributed by atoms with E-state index in [1.807, 2.05) is 31.3 Å². The van der Waals surface area contributed by atoms with Gasteiger partial charge in [0.1, 0.15) is 6.10 Å². The number of amides is 1. The topological polar surface area (TPSA) is 53.0 Å². The van der Waals surface area contributed by atoms with Crippen LogP contribution in [0.5, 0.6) is 11.5 Å². The second-order valence-electron chi connectivity index (χ2n) is 11.0. The minimum absolute atomic E-state index is 0.0906. The lowest BCUT2D eigenvalue weighted by atomic mass is 9.51. The van der Waals surface area contributed by atoms with Crippen molar-refractivity contribution < 1.29 is 14.6 Å². The summed E-state index contributed by atoms with van der Waals surface area (Å²) < 4.78 is 6.65. The lowest BCUT2D eigenvalue weighted by molar-refractivity contribution is -0.134. The predicted molar refractivity (Wildman–Crippen MR) is 140 cm³/mol. The van der Waals surface area contributed by atoms with Crippen LogP contribution in [-0.4, -0.2) is 59.1 Å². The van der Waals surface area contributed by atoms with E-state index in [9.17, 15) is 9.90 Å². The van der Waals surface area contributed by atoms with Gasteiger partial charge < -0.3 is 14.7 Å². The van der Waals surface area contributed by atoms with Gasteiger partial charge in [-0.25, -0.2) is 0 Å². The van der Waals surface area contributed by atoms with Crippen molar-refractivity contribution >= 4 is 5.91 Å². The molecular weight excluding hydrogens is 448 g/mol. The summed E-state index contributed by atoms with van der Waals surface area (Å²) in [6.07, 6.45) is 5.66.